The fourth-order valence-corrected chi connectivity index (χ4v) is 3.76. The molecule has 0 aliphatic carbocycles. The maximum atomic E-state index is 12.3. The number of halogens is 1. The zero-order valence-electron chi connectivity index (χ0n) is 21.7. The van der Waals surface area contributed by atoms with E-state index in [-0.39, 0.29) is 12.5 Å². The van der Waals surface area contributed by atoms with Crippen LogP contribution in [0.2, 0.25) is 0 Å². The van der Waals surface area contributed by atoms with E-state index >= 15 is 0 Å². The van der Waals surface area contributed by atoms with Crippen molar-refractivity contribution in [1.29, 1.82) is 0 Å². The van der Waals surface area contributed by atoms with E-state index in [9.17, 15) is 14.4 Å². The van der Waals surface area contributed by atoms with Crippen LogP contribution in [-0.4, -0.2) is 44.3 Å². The molecule has 0 radical (unpaired) electrons. The second kappa shape index (κ2) is 14.5. The maximum Gasteiger partial charge on any atom is 0.329 e. The number of carbonyl (C=O) groups excluding carboxylic acids is 3. The molecular weight excluding hydrogens is 568 g/mol. The molecular formula is C28H29BrN4O6. The van der Waals surface area contributed by atoms with Crippen LogP contribution in [0.3, 0.4) is 0 Å². The lowest BCUT2D eigenvalue weighted by Crippen LogP contribution is -2.32. The second-order valence-corrected chi connectivity index (χ2v) is 9.12. The van der Waals surface area contributed by atoms with Gasteiger partial charge in [0.15, 0.2) is 18.1 Å². The van der Waals surface area contributed by atoms with Crippen molar-refractivity contribution < 1.29 is 28.6 Å². The Morgan fingerprint density at radius 1 is 0.923 bits per heavy atom. The molecule has 0 saturated heterocycles. The molecule has 3 rings (SSSR count). The van der Waals surface area contributed by atoms with Gasteiger partial charge in [-0.2, -0.15) is 5.10 Å². The number of hydrazone groups is 1. The molecule has 0 aliphatic heterocycles. The number of nitrogens with one attached hydrogen (secondary N) is 3. The Labute approximate surface area is 234 Å². The van der Waals surface area contributed by atoms with Gasteiger partial charge in [-0.05, 0) is 83.4 Å². The molecule has 0 aliphatic rings. The molecule has 10 nitrogen and oxygen atoms in total. The molecule has 204 valence electrons. The normalized spacial score (nSPS) is 10.6. The Balaban J connectivity index is 1.53. The standard InChI is InChI=1S/C28H29BrN4O6/c1-4-13-38-22-11-9-21(10-12-22)32-27(35)28(36)33-30-16-19-14-23(29)26(24(15-19)37-3)39-17-25(34)31-20-7-5-18(2)6-8-20/h5-12,14-16H,4,13,17H2,1-3H3,(H,31,34)(H,32,35)(H,33,36)/b30-16-. The van der Waals surface area contributed by atoms with E-state index in [0.29, 0.717) is 45.3 Å². The highest BCUT2D eigenvalue weighted by Gasteiger charge is 2.15. The van der Waals surface area contributed by atoms with Crippen LogP contribution in [0.25, 0.3) is 0 Å². The molecule has 0 bridgehead atoms. The fraction of sp³-hybridized carbons (Fsp3) is 0.214. The molecule has 39 heavy (non-hydrogen) atoms. The Bertz CT molecular complexity index is 1330. The van der Waals surface area contributed by atoms with Crippen LogP contribution >= 0.6 is 15.9 Å². The number of ether oxygens (including phenoxy) is 3. The summed E-state index contributed by atoms with van der Waals surface area (Å²) in [6.45, 7) is 4.32. The second-order valence-electron chi connectivity index (χ2n) is 8.26. The number of amides is 3. The summed E-state index contributed by atoms with van der Waals surface area (Å²) >= 11 is 3.40. The van der Waals surface area contributed by atoms with Gasteiger partial charge in [-0.15, -0.1) is 0 Å². The highest BCUT2D eigenvalue weighted by molar-refractivity contribution is 9.10. The third-order valence-corrected chi connectivity index (χ3v) is 5.69. The van der Waals surface area contributed by atoms with Gasteiger partial charge in [-0.3, -0.25) is 14.4 Å². The van der Waals surface area contributed by atoms with Gasteiger partial charge < -0.3 is 24.8 Å². The quantitative estimate of drug-likeness (QED) is 0.168. The van der Waals surface area contributed by atoms with Gasteiger partial charge in [0.1, 0.15) is 5.75 Å². The van der Waals surface area contributed by atoms with E-state index in [1.165, 1.54) is 13.3 Å². The summed E-state index contributed by atoms with van der Waals surface area (Å²) in [5, 5.41) is 9.09. The molecule has 3 amide bonds. The summed E-state index contributed by atoms with van der Waals surface area (Å²) in [4.78, 5) is 36.6. The van der Waals surface area contributed by atoms with Crippen molar-refractivity contribution in [1.82, 2.24) is 5.43 Å². The maximum absolute atomic E-state index is 12.3. The molecule has 3 aromatic rings. The number of carbonyl (C=O) groups is 3. The van der Waals surface area contributed by atoms with Gasteiger partial charge in [-0.25, -0.2) is 5.43 Å². The number of anilines is 2. The Hall–Kier alpha value is -4.38. The summed E-state index contributed by atoms with van der Waals surface area (Å²) in [6.07, 6.45) is 2.22. The van der Waals surface area contributed by atoms with Crippen LogP contribution in [0.15, 0.2) is 70.2 Å². The van der Waals surface area contributed by atoms with Crippen LogP contribution < -0.4 is 30.3 Å². The van der Waals surface area contributed by atoms with Crippen molar-refractivity contribution in [2.75, 3.05) is 31.0 Å². The lowest BCUT2D eigenvalue weighted by molar-refractivity contribution is -0.136. The molecule has 0 heterocycles. The van der Waals surface area contributed by atoms with E-state index in [1.54, 1.807) is 48.5 Å². The topological polar surface area (TPSA) is 127 Å². The van der Waals surface area contributed by atoms with Gasteiger partial charge in [0.05, 0.1) is 24.4 Å². The smallest absolute Gasteiger partial charge is 0.329 e. The Morgan fingerprint density at radius 3 is 2.26 bits per heavy atom. The Morgan fingerprint density at radius 2 is 1.59 bits per heavy atom. The third-order valence-electron chi connectivity index (χ3n) is 5.11. The molecule has 0 unspecified atom stereocenters. The summed E-state index contributed by atoms with van der Waals surface area (Å²) in [5.41, 5.74) is 4.92. The first kappa shape index (κ1) is 29.2. The number of benzene rings is 3. The number of aryl methyl sites for hydroxylation is 1. The molecule has 0 atom stereocenters. The molecule has 0 spiro atoms. The highest BCUT2D eigenvalue weighted by Crippen LogP contribution is 2.36. The first-order valence-electron chi connectivity index (χ1n) is 12.0. The monoisotopic (exact) mass is 596 g/mol. The first-order chi connectivity index (χ1) is 18.8. The van der Waals surface area contributed by atoms with Crippen molar-refractivity contribution in [2.45, 2.75) is 20.3 Å². The van der Waals surface area contributed by atoms with Gasteiger partial charge in [0.2, 0.25) is 0 Å². The zero-order chi connectivity index (χ0) is 28.2. The van der Waals surface area contributed by atoms with Crippen molar-refractivity contribution in [3.8, 4) is 17.2 Å². The van der Waals surface area contributed by atoms with Crippen LogP contribution in [0.4, 0.5) is 11.4 Å². The predicted molar refractivity (Wildman–Crippen MR) is 153 cm³/mol. The predicted octanol–water partition coefficient (Wildman–Crippen LogP) is 4.66. The zero-order valence-corrected chi connectivity index (χ0v) is 23.3. The van der Waals surface area contributed by atoms with E-state index in [4.69, 9.17) is 14.2 Å². The molecule has 0 aromatic heterocycles. The minimum atomic E-state index is -0.942. The summed E-state index contributed by atoms with van der Waals surface area (Å²) < 4.78 is 17.0. The molecule has 0 saturated carbocycles. The summed E-state index contributed by atoms with van der Waals surface area (Å²) in [7, 11) is 1.45. The van der Waals surface area contributed by atoms with Crippen molar-refractivity contribution in [3.63, 3.8) is 0 Å². The third kappa shape index (κ3) is 9.15. The molecule has 3 aromatic carbocycles. The fourth-order valence-electron chi connectivity index (χ4n) is 3.18. The van der Waals surface area contributed by atoms with Crippen LogP contribution in [0.1, 0.15) is 24.5 Å². The SMILES string of the molecule is CCCOc1ccc(NC(=O)C(=O)N/N=C\c2cc(Br)c(OCC(=O)Nc3ccc(C)cc3)c(OC)c2)cc1. The Kier molecular flexibility index (Phi) is 10.9. The van der Waals surface area contributed by atoms with Gasteiger partial charge in [-0.1, -0.05) is 24.6 Å². The number of nitrogens with zero attached hydrogens (tertiary/aromatic N) is 1. The van der Waals surface area contributed by atoms with Crippen molar-refractivity contribution >= 4 is 51.2 Å². The lowest BCUT2D eigenvalue weighted by atomic mass is 10.2. The van der Waals surface area contributed by atoms with Crippen LogP contribution in [-0.2, 0) is 14.4 Å². The number of hydrogen-bond acceptors (Lipinski definition) is 7. The number of rotatable bonds is 11. The molecule has 0 fully saturated rings. The first-order valence-corrected chi connectivity index (χ1v) is 12.8. The average Bonchev–Trinajstić information content (AvgIpc) is 2.93. The van der Waals surface area contributed by atoms with E-state index in [1.807, 2.05) is 26.0 Å². The summed E-state index contributed by atoms with van der Waals surface area (Å²) in [5.74, 6) is -0.816. The molecule has 3 N–H and O–H groups in total. The van der Waals surface area contributed by atoms with E-state index in [0.717, 1.165) is 12.0 Å². The van der Waals surface area contributed by atoms with E-state index < -0.39 is 11.8 Å². The summed E-state index contributed by atoms with van der Waals surface area (Å²) in [6, 6.07) is 17.4. The van der Waals surface area contributed by atoms with Gasteiger partial charge in [0, 0.05) is 11.4 Å². The highest BCUT2D eigenvalue weighted by atomic mass is 79.9. The van der Waals surface area contributed by atoms with Crippen LogP contribution in [0, 0.1) is 6.92 Å². The van der Waals surface area contributed by atoms with Gasteiger partial charge in [0.25, 0.3) is 5.91 Å². The van der Waals surface area contributed by atoms with Gasteiger partial charge >= 0.3 is 11.8 Å². The molecule has 11 heteroatoms. The van der Waals surface area contributed by atoms with Crippen molar-refractivity contribution in [2.24, 2.45) is 5.10 Å². The number of methoxy groups -OCH3 is 1. The average molecular weight is 597 g/mol. The van der Waals surface area contributed by atoms with Crippen LogP contribution in [0.5, 0.6) is 17.2 Å². The lowest BCUT2D eigenvalue weighted by Gasteiger charge is -2.13. The minimum Gasteiger partial charge on any atom is -0.494 e. The van der Waals surface area contributed by atoms with Crippen molar-refractivity contribution in [3.05, 3.63) is 76.3 Å². The number of hydrogen-bond donors (Lipinski definition) is 3. The largest absolute Gasteiger partial charge is 0.494 e. The van der Waals surface area contributed by atoms with E-state index in [2.05, 4.69) is 37.1 Å². The minimum absolute atomic E-state index is 0.240.